The van der Waals surface area contributed by atoms with Gasteiger partial charge in [0.05, 0.1) is 0 Å². The lowest BCUT2D eigenvalue weighted by molar-refractivity contribution is -0.148. The average molecular weight is 274 g/mol. The van der Waals surface area contributed by atoms with Gasteiger partial charge in [-0.05, 0) is 68.5 Å². The van der Waals surface area contributed by atoms with Gasteiger partial charge >= 0.3 is 5.97 Å². The largest absolute Gasteiger partial charge is 0.457 e. The summed E-state index contributed by atoms with van der Waals surface area (Å²) >= 11 is 0. The molecular weight excluding hydrogens is 255 g/mol. The molecule has 2 nitrogen and oxygen atoms in total. The van der Waals surface area contributed by atoms with Gasteiger partial charge < -0.3 is 4.74 Å². The summed E-state index contributed by atoms with van der Waals surface area (Å²) in [7, 11) is 0. The third-order valence-electron chi connectivity index (χ3n) is 3.16. The second-order valence-corrected chi connectivity index (χ2v) is 6.00. The van der Waals surface area contributed by atoms with Crippen molar-refractivity contribution in [3.63, 3.8) is 0 Å². The molecule has 0 radical (unpaired) electrons. The lowest BCUT2D eigenvalue weighted by Crippen LogP contribution is -2.22. The Bertz CT molecular complexity index is 604. The molecule has 0 heterocycles. The van der Waals surface area contributed by atoms with Gasteiger partial charge in [0.2, 0.25) is 0 Å². The van der Waals surface area contributed by atoms with E-state index in [-0.39, 0.29) is 11.8 Å². The van der Waals surface area contributed by atoms with Crippen molar-refractivity contribution < 1.29 is 13.9 Å². The van der Waals surface area contributed by atoms with Crippen LogP contribution in [-0.4, -0.2) is 11.6 Å². The number of halogens is 1. The molecule has 0 aromatic heterocycles. The zero-order valence-electron chi connectivity index (χ0n) is 12.3. The number of rotatable bonds is 2. The highest BCUT2D eigenvalue weighted by atomic mass is 19.1. The van der Waals surface area contributed by atoms with Crippen molar-refractivity contribution in [2.24, 2.45) is 0 Å². The molecule has 20 heavy (non-hydrogen) atoms. The molecule has 0 spiro atoms. The Kier molecular flexibility index (Phi) is 3.80. The molecule has 3 heteroatoms. The van der Waals surface area contributed by atoms with E-state index in [2.05, 4.69) is 0 Å². The number of fused-ring (bicyclic) bond motifs is 1. The molecule has 2 rings (SSSR count). The summed E-state index contributed by atoms with van der Waals surface area (Å²) in [6.45, 7) is 7.48. The van der Waals surface area contributed by atoms with E-state index in [0.29, 0.717) is 6.42 Å². The predicted molar refractivity (Wildman–Crippen MR) is 77.7 cm³/mol. The second-order valence-electron chi connectivity index (χ2n) is 6.00. The molecular formula is C17H19FO2. The van der Waals surface area contributed by atoms with Gasteiger partial charge in [-0.1, -0.05) is 12.1 Å². The van der Waals surface area contributed by atoms with Crippen molar-refractivity contribution >= 4 is 11.5 Å². The van der Waals surface area contributed by atoms with Gasteiger partial charge in [-0.15, -0.1) is 0 Å². The van der Waals surface area contributed by atoms with Crippen LogP contribution in [-0.2, 0) is 16.0 Å². The van der Waals surface area contributed by atoms with Crippen LogP contribution >= 0.6 is 0 Å². The molecule has 0 saturated heterocycles. The molecule has 1 aliphatic rings. The molecule has 0 bridgehead atoms. The third kappa shape index (κ3) is 3.35. The number of hydrogen-bond donors (Lipinski definition) is 0. The Balaban J connectivity index is 2.13. The van der Waals surface area contributed by atoms with Crippen LogP contribution in [0.15, 0.2) is 35.9 Å². The van der Waals surface area contributed by atoms with Crippen molar-refractivity contribution in [1.29, 1.82) is 0 Å². The monoisotopic (exact) mass is 274 g/mol. The van der Waals surface area contributed by atoms with Gasteiger partial charge in [-0.25, -0.2) is 9.18 Å². The molecule has 0 N–H and O–H groups in total. The van der Waals surface area contributed by atoms with Gasteiger partial charge in [-0.2, -0.15) is 0 Å². The molecule has 0 aliphatic heterocycles. The fourth-order valence-electron chi connectivity index (χ4n) is 2.27. The minimum Gasteiger partial charge on any atom is -0.457 e. The van der Waals surface area contributed by atoms with Crippen LogP contribution in [0.1, 0.15) is 38.8 Å². The number of allylic oxidation sites excluding steroid dienone is 3. The maximum Gasteiger partial charge on any atom is 0.331 e. The van der Waals surface area contributed by atoms with E-state index in [9.17, 15) is 9.18 Å². The molecule has 0 saturated carbocycles. The maximum atomic E-state index is 13.2. The topological polar surface area (TPSA) is 26.3 Å². The number of carbonyl (C=O) groups is 1. The van der Waals surface area contributed by atoms with Gasteiger partial charge in [0.1, 0.15) is 11.4 Å². The lowest BCUT2D eigenvalue weighted by atomic mass is 10.1. The second kappa shape index (κ2) is 5.23. The molecule has 0 amide bonds. The van der Waals surface area contributed by atoms with Crippen LogP contribution in [0, 0.1) is 5.82 Å². The molecule has 0 unspecified atom stereocenters. The Morgan fingerprint density at radius 3 is 2.70 bits per heavy atom. The first kappa shape index (κ1) is 14.5. The quantitative estimate of drug-likeness (QED) is 0.600. The number of esters is 1. The molecule has 1 aliphatic carbocycles. The number of benzene rings is 1. The Morgan fingerprint density at radius 2 is 2.05 bits per heavy atom. The standard InChI is InChI=1S/C17H19FO2/c1-11-12(5-8-16(19)20-17(2,3)4)9-13-10-14(18)6-7-15(11)13/h5-8,10H,9H2,1-4H3/b8-5+. The highest BCUT2D eigenvalue weighted by Gasteiger charge is 2.18. The van der Waals surface area contributed by atoms with Gasteiger partial charge in [0.15, 0.2) is 0 Å². The summed E-state index contributed by atoms with van der Waals surface area (Å²) in [5.74, 6) is -0.589. The van der Waals surface area contributed by atoms with Crippen molar-refractivity contribution in [1.82, 2.24) is 0 Å². The fraction of sp³-hybridized carbons (Fsp3) is 0.353. The Morgan fingerprint density at radius 1 is 1.35 bits per heavy atom. The minimum absolute atomic E-state index is 0.228. The van der Waals surface area contributed by atoms with Gasteiger partial charge in [0, 0.05) is 6.08 Å². The van der Waals surface area contributed by atoms with Crippen molar-refractivity contribution in [3.05, 3.63) is 52.9 Å². The SMILES string of the molecule is CC1=C(/C=C/C(=O)OC(C)(C)C)Cc2cc(F)ccc21. The first-order valence-corrected chi connectivity index (χ1v) is 6.66. The third-order valence-corrected chi connectivity index (χ3v) is 3.16. The van der Waals surface area contributed by atoms with E-state index in [4.69, 9.17) is 4.74 Å². The zero-order valence-corrected chi connectivity index (χ0v) is 12.3. The highest BCUT2D eigenvalue weighted by Crippen LogP contribution is 2.33. The lowest BCUT2D eigenvalue weighted by Gasteiger charge is -2.17. The molecule has 0 fully saturated rings. The minimum atomic E-state index is -0.493. The van der Waals surface area contributed by atoms with Crippen molar-refractivity contribution in [3.8, 4) is 0 Å². The summed E-state index contributed by atoms with van der Waals surface area (Å²) in [5.41, 5.74) is 3.63. The number of ether oxygens (including phenoxy) is 1. The van der Waals surface area contributed by atoms with E-state index in [1.807, 2.05) is 27.7 Å². The number of hydrogen-bond acceptors (Lipinski definition) is 2. The maximum absolute atomic E-state index is 13.2. The number of carbonyl (C=O) groups excluding carboxylic acids is 1. The Hall–Kier alpha value is -1.90. The van der Waals surface area contributed by atoms with Crippen molar-refractivity contribution in [2.75, 3.05) is 0 Å². The van der Waals surface area contributed by atoms with Crippen LogP contribution in [0.25, 0.3) is 5.57 Å². The van der Waals surface area contributed by atoms with Crippen molar-refractivity contribution in [2.45, 2.75) is 39.7 Å². The molecule has 0 atom stereocenters. The fourth-order valence-corrected chi connectivity index (χ4v) is 2.27. The average Bonchev–Trinajstić information content (AvgIpc) is 2.61. The first-order valence-electron chi connectivity index (χ1n) is 6.66. The van der Waals surface area contributed by atoms with E-state index < -0.39 is 5.60 Å². The van der Waals surface area contributed by atoms with E-state index >= 15 is 0 Å². The molecule has 106 valence electrons. The predicted octanol–water partition coefficient (Wildman–Crippen LogP) is 4.05. The molecule has 1 aromatic rings. The zero-order chi connectivity index (χ0) is 14.9. The summed E-state index contributed by atoms with van der Waals surface area (Å²) < 4.78 is 18.4. The summed E-state index contributed by atoms with van der Waals surface area (Å²) in [6.07, 6.45) is 3.85. The summed E-state index contributed by atoms with van der Waals surface area (Å²) in [4.78, 5) is 11.7. The van der Waals surface area contributed by atoms with Crippen LogP contribution < -0.4 is 0 Å². The van der Waals surface area contributed by atoms with Crippen LogP contribution in [0.4, 0.5) is 4.39 Å². The summed E-state index contributed by atoms with van der Waals surface area (Å²) in [6, 6.07) is 4.80. The van der Waals surface area contributed by atoms with E-state index in [1.54, 1.807) is 18.2 Å². The van der Waals surface area contributed by atoms with Gasteiger partial charge in [0.25, 0.3) is 0 Å². The summed E-state index contributed by atoms with van der Waals surface area (Å²) in [5, 5.41) is 0. The Labute approximate surface area is 119 Å². The van der Waals surface area contributed by atoms with E-state index in [0.717, 1.165) is 22.3 Å². The first-order chi connectivity index (χ1) is 9.26. The molecule has 1 aromatic carbocycles. The van der Waals surface area contributed by atoms with E-state index in [1.165, 1.54) is 12.1 Å². The van der Waals surface area contributed by atoms with Crippen LogP contribution in [0.2, 0.25) is 0 Å². The van der Waals surface area contributed by atoms with Gasteiger partial charge in [-0.3, -0.25) is 0 Å². The van der Waals surface area contributed by atoms with Crippen LogP contribution in [0.5, 0.6) is 0 Å². The van der Waals surface area contributed by atoms with Crippen LogP contribution in [0.3, 0.4) is 0 Å². The smallest absolute Gasteiger partial charge is 0.331 e. The highest BCUT2D eigenvalue weighted by molar-refractivity contribution is 5.85. The normalized spacial score (nSPS) is 14.8.